The number of ether oxygens (including phenoxy) is 2. The molecule has 0 spiro atoms. The molecule has 0 aromatic heterocycles. The molecule has 1 amide bonds. The van der Waals surface area contributed by atoms with E-state index in [4.69, 9.17) is 9.47 Å². The van der Waals surface area contributed by atoms with Crippen LogP contribution in [0.5, 0.6) is 11.5 Å². The molecule has 1 aromatic rings. The van der Waals surface area contributed by atoms with Crippen LogP contribution < -0.4 is 14.8 Å². The number of amides is 1. The molecule has 9 heteroatoms. The average Bonchev–Trinajstić information content (AvgIpc) is 2.71. The normalized spacial score (nSPS) is 16.2. The lowest BCUT2D eigenvalue weighted by molar-refractivity contribution is -0.123. The molecule has 0 aliphatic carbocycles. The zero-order chi connectivity index (χ0) is 20.7. The third kappa shape index (κ3) is 5.36. The van der Waals surface area contributed by atoms with E-state index >= 15 is 0 Å². The van der Waals surface area contributed by atoms with Crippen molar-refractivity contribution in [2.24, 2.45) is 0 Å². The number of methoxy groups -OCH3 is 2. The summed E-state index contributed by atoms with van der Waals surface area (Å²) in [5, 5.41) is 3.02. The van der Waals surface area contributed by atoms with Crippen LogP contribution in [0, 0.1) is 0 Å². The average molecular weight is 414 g/mol. The number of hydrogen-bond donors (Lipinski definition) is 1. The van der Waals surface area contributed by atoms with Crippen molar-refractivity contribution in [3.05, 3.63) is 18.2 Å². The Kier molecular flexibility index (Phi) is 8.09. The molecule has 1 aliphatic rings. The van der Waals surface area contributed by atoms with Gasteiger partial charge in [0.1, 0.15) is 16.4 Å². The lowest BCUT2D eigenvalue weighted by Gasteiger charge is -2.34. The SMILES string of the molecule is CCC(CC)NC(=O)CN1CCN(S(=O)(=O)c2cc(OC)ccc2OC)CC1. The molecule has 1 heterocycles. The van der Waals surface area contributed by atoms with E-state index in [1.54, 1.807) is 12.1 Å². The quantitative estimate of drug-likeness (QED) is 0.657. The zero-order valence-corrected chi connectivity index (χ0v) is 17.9. The summed E-state index contributed by atoms with van der Waals surface area (Å²) >= 11 is 0. The second kappa shape index (κ2) is 10.1. The van der Waals surface area contributed by atoms with Gasteiger partial charge in [0.25, 0.3) is 0 Å². The highest BCUT2D eigenvalue weighted by Gasteiger charge is 2.31. The largest absolute Gasteiger partial charge is 0.497 e. The van der Waals surface area contributed by atoms with Crippen LogP contribution in [0.2, 0.25) is 0 Å². The minimum absolute atomic E-state index is 0.0144. The summed E-state index contributed by atoms with van der Waals surface area (Å²) in [6.07, 6.45) is 1.80. The fourth-order valence-electron chi connectivity index (χ4n) is 3.22. The molecule has 1 saturated heterocycles. The van der Waals surface area contributed by atoms with Crippen LogP contribution in [-0.4, -0.2) is 76.5 Å². The Hall–Kier alpha value is -1.84. The van der Waals surface area contributed by atoms with Crippen LogP contribution in [-0.2, 0) is 14.8 Å². The lowest BCUT2D eigenvalue weighted by Crippen LogP contribution is -2.51. The number of nitrogens with one attached hydrogen (secondary N) is 1. The van der Waals surface area contributed by atoms with Gasteiger partial charge in [0.15, 0.2) is 0 Å². The second-order valence-electron chi connectivity index (χ2n) is 6.78. The minimum Gasteiger partial charge on any atom is -0.497 e. The van der Waals surface area contributed by atoms with E-state index in [1.807, 2.05) is 18.7 Å². The second-order valence-corrected chi connectivity index (χ2v) is 8.68. The number of rotatable bonds is 9. The van der Waals surface area contributed by atoms with Gasteiger partial charge in [-0.25, -0.2) is 8.42 Å². The van der Waals surface area contributed by atoms with Crippen LogP contribution in [0.1, 0.15) is 26.7 Å². The molecule has 0 unspecified atom stereocenters. The predicted molar refractivity (Wildman–Crippen MR) is 107 cm³/mol. The summed E-state index contributed by atoms with van der Waals surface area (Å²) in [6.45, 7) is 6.02. The molecule has 1 aliphatic heterocycles. The van der Waals surface area contributed by atoms with Gasteiger partial charge in [0.2, 0.25) is 15.9 Å². The number of nitrogens with zero attached hydrogens (tertiary/aromatic N) is 2. The number of sulfonamides is 1. The Bertz CT molecular complexity index is 757. The van der Waals surface area contributed by atoms with Crippen LogP contribution >= 0.6 is 0 Å². The Morgan fingerprint density at radius 2 is 1.75 bits per heavy atom. The molecule has 0 atom stereocenters. The first-order valence-corrected chi connectivity index (χ1v) is 11.0. The third-order valence-electron chi connectivity index (χ3n) is 5.04. The van der Waals surface area contributed by atoms with Gasteiger partial charge in [-0.15, -0.1) is 0 Å². The maximum absolute atomic E-state index is 13.1. The molecule has 1 aromatic carbocycles. The van der Waals surface area contributed by atoms with Gasteiger partial charge >= 0.3 is 0 Å². The Morgan fingerprint density at radius 3 is 2.29 bits per heavy atom. The highest BCUT2D eigenvalue weighted by Crippen LogP contribution is 2.31. The monoisotopic (exact) mass is 413 g/mol. The van der Waals surface area contributed by atoms with Gasteiger partial charge in [0.05, 0.1) is 20.8 Å². The molecule has 0 radical (unpaired) electrons. The Balaban J connectivity index is 2.01. The van der Waals surface area contributed by atoms with E-state index in [-0.39, 0.29) is 29.1 Å². The summed E-state index contributed by atoms with van der Waals surface area (Å²) in [5.41, 5.74) is 0. The number of benzene rings is 1. The van der Waals surface area contributed by atoms with E-state index in [9.17, 15) is 13.2 Å². The first-order chi connectivity index (χ1) is 13.3. The van der Waals surface area contributed by atoms with E-state index in [0.717, 1.165) is 12.8 Å². The molecule has 1 fully saturated rings. The molecular formula is C19H31N3O5S. The van der Waals surface area contributed by atoms with Crippen LogP contribution in [0.25, 0.3) is 0 Å². The van der Waals surface area contributed by atoms with Crippen molar-refractivity contribution in [1.29, 1.82) is 0 Å². The third-order valence-corrected chi connectivity index (χ3v) is 6.96. The minimum atomic E-state index is -3.72. The van der Waals surface area contributed by atoms with Crippen molar-refractivity contribution in [1.82, 2.24) is 14.5 Å². The van der Waals surface area contributed by atoms with Crippen LogP contribution in [0.15, 0.2) is 23.1 Å². The molecule has 0 saturated carbocycles. The van der Waals surface area contributed by atoms with Gasteiger partial charge in [0, 0.05) is 38.3 Å². The summed E-state index contributed by atoms with van der Waals surface area (Å²) < 4.78 is 38.0. The predicted octanol–water partition coefficient (Wildman–Crippen LogP) is 1.31. The fraction of sp³-hybridized carbons (Fsp3) is 0.632. The number of carbonyl (C=O) groups excluding carboxylic acids is 1. The zero-order valence-electron chi connectivity index (χ0n) is 17.1. The van der Waals surface area contributed by atoms with Crippen molar-refractivity contribution in [2.75, 3.05) is 46.9 Å². The molecule has 158 valence electrons. The topological polar surface area (TPSA) is 88.2 Å². The molecular weight excluding hydrogens is 382 g/mol. The van der Waals surface area contributed by atoms with E-state index in [0.29, 0.717) is 31.9 Å². The fourth-order valence-corrected chi connectivity index (χ4v) is 4.81. The van der Waals surface area contributed by atoms with E-state index < -0.39 is 10.0 Å². The van der Waals surface area contributed by atoms with Crippen molar-refractivity contribution < 1.29 is 22.7 Å². The highest BCUT2D eigenvalue weighted by atomic mass is 32.2. The number of carbonyl (C=O) groups is 1. The first kappa shape index (κ1) is 22.4. The maximum atomic E-state index is 13.1. The van der Waals surface area contributed by atoms with Crippen molar-refractivity contribution in [3.63, 3.8) is 0 Å². The number of piperazine rings is 1. The van der Waals surface area contributed by atoms with Gasteiger partial charge in [-0.1, -0.05) is 13.8 Å². The van der Waals surface area contributed by atoms with Crippen molar-refractivity contribution in [2.45, 2.75) is 37.6 Å². The number of hydrogen-bond acceptors (Lipinski definition) is 6. The van der Waals surface area contributed by atoms with E-state index in [2.05, 4.69) is 5.32 Å². The Labute approximate surface area is 167 Å². The van der Waals surface area contributed by atoms with Gasteiger partial charge < -0.3 is 14.8 Å². The standard InChI is InChI=1S/C19H31N3O5S/c1-5-15(6-2)20-19(23)14-21-9-11-22(12-10-21)28(24,25)18-13-16(26-3)7-8-17(18)27-4/h7-8,13,15H,5-6,9-12,14H2,1-4H3,(H,20,23). The van der Waals surface area contributed by atoms with Gasteiger partial charge in [-0.05, 0) is 25.0 Å². The first-order valence-electron chi connectivity index (χ1n) is 9.59. The van der Waals surface area contributed by atoms with Crippen LogP contribution in [0.4, 0.5) is 0 Å². The molecule has 2 rings (SSSR count). The smallest absolute Gasteiger partial charge is 0.246 e. The maximum Gasteiger partial charge on any atom is 0.246 e. The summed E-state index contributed by atoms with van der Waals surface area (Å²) in [7, 11) is -0.784. The molecule has 8 nitrogen and oxygen atoms in total. The highest BCUT2D eigenvalue weighted by molar-refractivity contribution is 7.89. The van der Waals surface area contributed by atoms with Gasteiger partial charge in [-0.2, -0.15) is 4.31 Å². The lowest BCUT2D eigenvalue weighted by atomic mass is 10.2. The van der Waals surface area contributed by atoms with Crippen LogP contribution in [0.3, 0.4) is 0 Å². The van der Waals surface area contributed by atoms with Crippen molar-refractivity contribution in [3.8, 4) is 11.5 Å². The Morgan fingerprint density at radius 1 is 1.11 bits per heavy atom. The summed E-state index contributed by atoms with van der Waals surface area (Å²) in [4.78, 5) is 14.2. The summed E-state index contributed by atoms with van der Waals surface area (Å²) in [6, 6.07) is 4.91. The molecule has 1 N–H and O–H groups in total. The van der Waals surface area contributed by atoms with Gasteiger partial charge in [-0.3, -0.25) is 9.69 Å². The molecule has 0 bridgehead atoms. The van der Waals surface area contributed by atoms with E-state index in [1.165, 1.54) is 24.6 Å². The van der Waals surface area contributed by atoms with Crippen molar-refractivity contribution >= 4 is 15.9 Å². The summed E-state index contributed by atoms with van der Waals surface area (Å²) in [5.74, 6) is 0.725. The molecule has 28 heavy (non-hydrogen) atoms.